The maximum absolute atomic E-state index is 8.16. The lowest BCUT2D eigenvalue weighted by atomic mass is 10.2. The lowest BCUT2D eigenvalue weighted by Crippen LogP contribution is -2.46. The quantitative estimate of drug-likeness (QED) is 0.561. The van der Waals surface area contributed by atoms with Crippen molar-refractivity contribution < 1.29 is 9.47 Å². The number of nitrogens with one attached hydrogen (secondary N) is 1. The SMILES string of the molecule is CCOC(C(=N)N1CCOCC1)C1CC1. The van der Waals surface area contributed by atoms with Gasteiger partial charge in [0.15, 0.2) is 0 Å². The Kier molecular flexibility index (Phi) is 3.59. The van der Waals surface area contributed by atoms with Gasteiger partial charge in [0.25, 0.3) is 0 Å². The Balaban J connectivity index is 1.90. The predicted molar refractivity (Wildman–Crippen MR) is 58.3 cm³/mol. The molecule has 1 aliphatic carbocycles. The van der Waals surface area contributed by atoms with Crippen molar-refractivity contribution in [3.63, 3.8) is 0 Å². The average Bonchev–Trinajstić information content (AvgIpc) is 3.10. The lowest BCUT2D eigenvalue weighted by molar-refractivity contribution is 0.0473. The Hall–Kier alpha value is -0.610. The van der Waals surface area contributed by atoms with E-state index in [1.807, 2.05) is 6.92 Å². The summed E-state index contributed by atoms with van der Waals surface area (Å²) in [6, 6.07) is 0. The first-order valence-electron chi connectivity index (χ1n) is 5.85. The van der Waals surface area contributed by atoms with Crippen LogP contribution in [0, 0.1) is 11.3 Å². The molecule has 15 heavy (non-hydrogen) atoms. The number of ether oxygens (including phenoxy) is 2. The van der Waals surface area contributed by atoms with Gasteiger partial charge in [-0.05, 0) is 25.7 Å². The van der Waals surface area contributed by atoms with Crippen LogP contribution in [0.25, 0.3) is 0 Å². The van der Waals surface area contributed by atoms with Gasteiger partial charge in [0, 0.05) is 19.7 Å². The summed E-state index contributed by atoms with van der Waals surface area (Å²) in [5, 5.41) is 8.16. The van der Waals surface area contributed by atoms with Crippen LogP contribution in [0.1, 0.15) is 19.8 Å². The number of morpholine rings is 1. The molecule has 1 heterocycles. The van der Waals surface area contributed by atoms with Crippen LogP contribution in [-0.4, -0.2) is 49.7 Å². The second-order valence-corrected chi connectivity index (χ2v) is 4.20. The first-order valence-corrected chi connectivity index (χ1v) is 5.85. The van der Waals surface area contributed by atoms with Gasteiger partial charge in [-0.25, -0.2) is 0 Å². The third-order valence-electron chi connectivity index (χ3n) is 3.02. The third kappa shape index (κ3) is 2.69. The van der Waals surface area contributed by atoms with Crippen molar-refractivity contribution in [3.8, 4) is 0 Å². The van der Waals surface area contributed by atoms with E-state index in [1.54, 1.807) is 0 Å². The minimum atomic E-state index is 0.0353. The topological polar surface area (TPSA) is 45.5 Å². The van der Waals surface area contributed by atoms with Crippen LogP contribution in [0.2, 0.25) is 0 Å². The van der Waals surface area contributed by atoms with E-state index in [2.05, 4.69) is 4.90 Å². The molecule has 86 valence electrons. The molecule has 2 rings (SSSR count). The highest BCUT2D eigenvalue weighted by Gasteiger charge is 2.36. The minimum Gasteiger partial charge on any atom is -0.378 e. The fraction of sp³-hybridized carbons (Fsp3) is 0.909. The van der Waals surface area contributed by atoms with Gasteiger partial charge in [0.2, 0.25) is 0 Å². The summed E-state index contributed by atoms with van der Waals surface area (Å²) in [4.78, 5) is 2.10. The summed E-state index contributed by atoms with van der Waals surface area (Å²) in [6.07, 6.45) is 2.47. The van der Waals surface area contributed by atoms with Crippen molar-refractivity contribution in [2.24, 2.45) is 5.92 Å². The van der Waals surface area contributed by atoms with Crippen molar-refractivity contribution in [2.75, 3.05) is 32.9 Å². The molecule has 0 spiro atoms. The highest BCUT2D eigenvalue weighted by Crippen LogP contribution is 2.35. The second kappa shape index (κ2) is 4.94. The Morgan fingerprint density at radius 1 is 1.47 bits per heavy atom. The molecule has 0 aromatic heterocycles. The zero-order valence-corrected chi connectivity index (χ0v) is 9.37. The Bertz CT molecular complexity index is 223. The van der Waals surface area contributed by atoms with Crippen molar-refractivity contribution in [2.45, 2.75) is 25.9 Å². The van der Waals surface area contributed by atoms with Crippen LogP contribution < -0.4 is 0 Å². The van der Waals surface area contributed by atoms with Crippen molar-refractivity contribution in [1.82, 2.24) is 4.90 Å². The molecule has 0 radical (unpaired) electrons. The van der Waals surface area contributed by atoms with Gasteiger partial charge in [-0.1, -0.05) is 0 Å². The molecule has 0 bridgehead atoms. The first-order chi connectivity index (χ1) is 7.33. The molecule has 0 aromatic rings. The molecule has 2 fully saturated rings. The maximum Gasteiger partial charge on any atom is 0.126 e. The van der Waals surface area contributed by atoms with Crippen molar-refractivity contribution >= 4 is 5.84 Å². The van der Waals surface area contributed by atoms with E-state index in [4.69, 9.17) is 14.9 Å². The normalized spacial score (nSPS) is 23.9. The zero-order chi connectivity index (χ0) is 10.7. The van der Waals surface area contributed by atoms with Gasteiger partial charge in [-0.15, -0.1) is 0 Å². The van der Waals surface area contributed by atoms with E-state index in [0.29, 0.717) is 18.4 Å². The van der Waals surface area contributed by atoms with E-state index < -0.39 is 0 Å². The third-order valence-corrected chi connectivity index (χ3v) is 3.02. The molecule has 1 saturated carbocycles. The molecule has 1 unspecified atom stereocenters. The van der Waals surface area contributed by atoms with Gasteiger partial charge >= 0.3 is 0 Å². The molecule has 2 aliphatic rings. The Morgan fingerprint density at radius 2 is 2.13 bits per heavy atom. The van der Waals surface area contributed by atoms with Crippen LogP contribution in [0.5, 0.6) is 0 Å². The number of rotatable bonds is 4. The molecule has 4 nitrogen and oxygen atoms in total. The Morgan fingerprint density at radius 3 is 2.67 bits per heavy atom. The standard InChI is InChI=1S/C11H20N2O2/c1-2-15-10(9-3-4-9)11(12)13-5-7-14-8-6-13/h9-10,12H,2-8H2,1H3. The number of hydrogen-bond acceptors (Lipinski definition) is 3. The van der Waals surface area contributed by atoms with Gasteiger partial charge < -0.3 is 14.4 Å². The van der Waals surface area contributed by atoms with Gasteiger partial charge in [0.1, 0.15) is 11.9 Å². The fourth-order valence-electron chi connectivity index (χ4n) is 2.00. The Labute approximate surface area is 91.0 Å². The molecule has 0 amide bonds. The highest BCUT2D eigenvalue weighted by molar-refractivity contribution is 5.84. The first kappa shape index (κ1) is 10.9. The predicted octanol–water partition coefficient (Wildman–Crippen LogP) is 1.11. The largest absolute Gasteiger partial charge is 0.378 e. The average molecular weight is 212 g/mol. The van der Waals surface area contributed by atoms with E-state index in [9.17, 15) is 0 Å². The van der Waals surface area contributed by atoms with Crippen LogP contribution in [0.3, 0.4) is 0 Å². The number of amidine groups is 1. The molecular formula is C11H20N2O2. The summed E-state index contributed by atoms with van der Waals surface area (Å²) in [7, 11) is 0. The summed E-state index contributed by atoms with van der Waals surface area (Å²) < 4.78 is 11.0. The molecule has 0 aromatic carbocycles. The monoisotopic (exact) mass is 212 g/mol. The molecule has 1 saturated heterocycles. The molecule has 1 atom stereocenters. The smallest absolute Gasteiger partial charge is 0.126 e. The lowest BCUT2D eigenvalue weighted by Gasteiger charge is -2.32. The maximum atomic E-state index is 8.16. The van der Waals surface area contributed by atoms with Crippen LogP contribution in [0.15, 0.2) is 0 Å². The van der Waals surface area contributed by atoms with Crippen LogP contribution >= 0.6 is 0 Å². The van der Waals surface area contributed by atoms with E-state index in [0.717, 1.165) is 26.3 Å². The van der Waals surface area contributed by atoms with E-state index in [1.165, 1.54) is 12.8 Å². The second-order valence-electron chi connectivity index (χ2n) is 4.20. The molecule has 4 heteroatoms. The number of nitrogens with zero attached hydrogens (tertiary/aromatic N) is 1. The van der Waals surface area contributed by atoms with Gasteiger partial charge in [-0.3, -0.25) is 5.41 Å². The van der Waals surface area contributed by atoms with Crippen molar-refractivity contribution in [3.05, 3.63) is 0 Å². The van der Waals surface area contributed by atoms with Crippen LogP contribution in [0.4, 0.5) is 0 Å². The number of hydrogen-bond donors (Lipinski definition) is 1. The zero-order valence-electron chi connectivity index (χ0n) is 9.37. The molecule has 1 aliphatic heterocycles. The van der Waals surface area contributed by atoms with Gasteiger partial charge in [0.05, 0.1) is 13.2 Å². The molecule has 1 N–H and O–H groups in total. The van der Waals surface area contributed by atoms with E-state index in [-0.39, 0.29) is 6.10 Å². The summed E-state index contributed by atoms with van der Waals surface area (Å²) in [5.74, 6) is 1.27. The van der Waals surface area contributed by atoms with E-state index >= 15 is 0 Å². The van der Waals surface area contributed by atoms with Gasteiger partial charge in [-0.2, -0.15) is 0 Å². The summed E-state index contributed by atoms with van der Waals surface area (Å²) in [6.45, 7) is 5.87. The minimum absolute atomic E-state index is 0.0353. The summed E-state index contributed by atoms with van der Waals surface area (Å²) >= 11 is 0. The van der Waals surface area contributed by atoms with Crippen molar-refractivity contribution in [1.29, 1.82) is 5.41 Å². The summed E-state index contributed by atoms with van der Waals surface area (Å²) in [5.41, 5.74) is 0. The van der Waals surface area contributed by atoms with Crippen LogP contribution in [-0.2, 0) is 9.47 Å². The highest BCUT2D eigenvalue weighted by atomic mass is 16.5. The molecular weight excluding hydrogens is 192 g/mol. The fourth-order valence-corrected chi connectivity index (χ4v) is 2.00.